The van der Waals surface area contributed by atoms with Crippen molar-refractivity contribution in [1.82, 2.24) is 4.98 Å². The molecule has 3 N–H and O–H groups in total. The number of anilines is 1. The SMILES string of the molecule is CC(Nc1ccc(Cl)cn1)C(N)=O. The molecule has 0 bridgehead atoms. The molecule has 1 atom stereocenters. The van der Waals surface area contributed by atoms with Crippen LogP contribution >= 0.6 is 11.6 Å². The molecule has 70 valence electrons. The minimum atomic E-state index is -0.436. The molecule has 0 radical (unpaired) electrons. The van der Waals surface area contributed by atoms with Crippen LogP contribution in [0.2, 0.25) is 5.02 Å². The van der Waals surface area contributed by atoms with Gasteiger partial charge in [0.25, 0.3) is 0 Å². The highest BCUT2D eigenvalue weighted by atomic mass is 35.5. The van der Waals surface area contributed by atoms with Gasteiger partial charge in [-0.2, -0.15) is 0 Å². The van der Waals surface area contributed by atoms with Crippen LogP contribution in [0.25, 0.3) is 0 Å². The van der Waals surface area contributed by atoms with Gasteiger partial charge in [0.05, 0.1) is 5.02 Å². The smallest absolute Gasteiger partial charge is 0.239 e. The van der Waals surface area contributed by atoms with Crippen LogP contribution in [0.3, 0.4) is 0 Å². The van der Waals surface area contributed by atoms with Crippen molar-refractivity contribution < 1.29 is 4.79 Å². The fraction of sp³-hybridized carbons (Fsp3) is 0.250. The molecule has 1 unspecified atom stereocenters. The van der Waals surface area contributed by atoms with Gasteiger partial charge in [-0.15, -0.1) is 0 Å². The van der Waals surface area contributed by atoms with Gasteiger partial charge in [0.15, 0.2) is 0 Å². The maximum absolute atomic E-state index is 10.7. The summed E-state index contributed by atoms with van der Waals surface area (Å²) in [7, 11) is 0. The van der Waals surface area contributed by atoms with Gasteiger partial charge < -0.3 is 11.1 Å². The number of pyridine rings is 1. The van der Waals surface area contributed by atoms with E-state index in [2.05, 4.69) is 10.3 Å². The standard InChI is InChI=1S/C8H10ClN3O/c1-5(8(10)13)12-7-3-2-6(9)4-11-7/h2-5H,1H3,(H2,10,13)(H,11,12). The molecule has 0 fully saturated rings. The van der Waals surface area contributed by atoms with E-state index in [1.54, 1.807) is 19.1 Å². The van der Waals surface area contributed by atoms with Gasteiger partial charge in [0.2, 0.25) is 5.91 Å². The van der Waals surface area contributed by atoms with Crippen molar-refractivity contribution >= 4 is 23.3 Å². The molecule has 1 aromatic rings. The van der Waals surface area contributed by atoms with Crippen LogP contribution in [-0.4, -0.2) is 16.9 Å². The van der Waals surface area contributed by atoms with Crippen molar-refractivity contribution in [3.63, 3.8) is 0 Å². The molecule has 0 aliphatic carbocycles. The maximum atomic E-state index is 10.7. The summed E-state index contributed by atoms with van der Waals surface area (Å²) >= 11 is 5.63. The number of nitrogens with two attached hydrogens (primary N) is 1. The molecule has 1 amide bonds. The number of carbonyl (C=O) groups is 1. The molecule has 13 heavy (non-hydrogen) atoms. The summed E-state index contributed by atoms with van der Waals surface area (Å²) in [6.45, 7) is 1.67. The molecule has 1 rings (SSSR count). The van der Waals surface area contributed by atoms with Crippen LogP contribution in [0.1, 0.15) is 6.92 Å². The van der Waals surface area contributed by atoms with Crippen molar-refractivity contribution in [1.29, 1.82) is 0 Å². The first-order chi connectivity index (χ1) is 6.09. The normalized spacial score (nSPS) is 12.2. The Labute approximate surface area is 81.1 Å². The molecule has 0 aliphatic heterocycles. The number of primary amides is 1. The van der Waals surface area contributed by atoms with E-state index >= 15 is 0 Å². The van der Waals surface area contributed by atoms with E-state index in [9.17, 15) is 4.79 Å². The number of nitrogens with zero attached hydrogens (tertiary/aromatic N) is 1. The molecule has 5 heteroatoms. The molecule has 1 aromatic heterocycles. The van der Waals surface area contributed by atoms with E-state index in [4.69, 9.17) is 17.3 Å². The zero-order chi connectivity index (χ0) is 9.84. The first-order valence-electron chi connectivity index (χ1n) is 3.77. The van der Waals surface area contributed by atoms with E-state index in [1.807, 2.05) is 0 Å². The van der Waals surface area contributed by atoms with Gasteiger partial charge in [-0.05, 0) is 19.1 Å². The monoisotopic (exact) mass is 199 g/mol. The molecule has 0 aromatic carbocycles. The fourth-order valence-corrected chi connectivity index (χ4v) is 0.866. The summed E-state index contributed by atoms with van der Waals surface area (Å²) in [5.74, 6) is 0.160. The van der Waals surface area contributed by atoms with E-state index in [0.29, 0.717) is 10.8 Å². The van der Waals surface area contributed by atoms with E-state index in [-0.39, 0.29) is 0 Å². The lowest BCUT2D eigenvalue weighted by Crippen LogP contribution is -2.32. The Hall–Kier alpha value is -1.29. The molecule has 0 spiro atoms. The number of hydrogen-bond donors (Lipinski definition) is 2. The number of rotatable bonds is 3. The Morgan fingerprint density at radius 1 is 1.69 bits per heavy atom. The highest BCUT2D eigenvalue weighted by molar-refractivity contribution is 6.30. The largest absolute Gasteiger partial charge is 0.368 e. The number of amides is 1. The van der Waals surface area contributed by atoms with Crippen molar-refractivity contribution in [2.45, 2.75) is 13.0 Å². The molecule has 1 heterocycles. The summed E-state index contributed by atoms with van der Waals surface area (Å²) in [5.41, 5.74) is 5.06. The van der Waals surface area contributed by atoms with Gasteiger partial charge in [0, 0.05) is 6.20 Å². The second-order valence-corrected chi connectivity index (χ2v) is 3.07. The molecule has 0 saturated heterocycles. The summed E-state index contributed by atoms with van der Waals surface area (Å²) in [6, 6.07) is 2.93. The second kappa shape index (κ2) is 4.09. The summed E-state index contributed by atoms with van der Waals surface area (Å²) in [4.78, 5) is 14.6. The van der Waals surface area contributed by atoms with Gasteiger partial charge in [-0.25, -0.2) is 4.98 Å². The van der Waals surface area contributed by atoms with Gasteiger partial charge in [0.1, 0.15) is 11.9 Å². The molecule has 0 aliphatic rings. The van der Waals surface area contributed by atoms with Crippen molar-refractivity contribution in [3.8, 4) is 0 Å². The number of carbonyl (C=O) groups excluding carboxylic acids is 1. The van der Waals surface area contributed by atoms with Crippen LogP contribution in [0.5, 0.6) is 0 Å². The highest BCUT2D eigenvalue weighted by Gasteiger charge is 2.07. The molecule has 4 nitrogen and oxygen atoms in total. The third-order valence-electron chi connectivity index (χ3n) is 1.52. The lowest BCUT2D eigenvalue weighted by atomic mass is 10.3. The number of aromatic nitrogens is 1. The first kappa shape index (κ1) is 9.80. The minimum Gasteiger partial charge on any atom is -0.368 e. The van der Waals surface area contributed by atoms with Crippen LogP contribution in [0, 0.1) is 0 Å². The van der Waals surface area contributed by atoms with Crippen molar-refractivity contribution in [2.75, 3.05) is 5.32 Å². The predicted octanol–water partition coefficient (Wildman–Crippen LogP) is 1.02. The quantitative estimate of drug-likeness (QED) is 0.764. The van der Waals surface area contributed by atoms with Gasteiger partial charge >= 0.3 is 0 Å². The Bertz CT molecular complexity index is 299. The Balaban J connectivity index is 2.64. The maximum Gasteiger partial charge on any atom is 0.239 e. The Kier molecular flexibility index (Phi) is 3.08. The summed E-state index contributed by atoms with van der Waals surface area (Å²) < 4.78 is 0. The van der Waals surface area contributed by atoms with Crippen LogP contribution < -0.4 is 11.1 Å². The molecular weight excluding hydrogens is 190 g/mol. The average Bonchev–Trinajstić information content (AvgIpc) is 2.08. The molecule has 0 saturated carbocycles. The third kappa shape index (κ3) is 2.91. The lowest BCUT2D eigenvalue weighted by Gasteiger charge is -2.09. The third-order valence-corrected chi connectivity index (χ3v) is 1.74. The van der Waals surface area contributed by atoms with Gasteiger partial charge in [-0.3, -0.25) is 4.79 Å². The number of hydrogen-bond acceptors (Lipinski definition) is 3. The molecular formula is C8H10ClN3O. The Morgan fingerprint density at radius 3 is 2.85 bits per heavy atom. The van der Waals surface area contributed by atoms with Crippen LogP contribution in [0.4, 0.5) is 5.82 Å². The Morgan fingerprint density at radius 2 is 2.38 bits per heavy atom. The van der Waals surface area contributed by atoms with Gasteiger partial charge in [-0.1, -0.05) is 11.6 Å². The van der Waals surface area contributed by atoms with E-state index in [0.717, 1.165) is 0 Å². The predicted molar refractivity (Wildman–Crippen MR) is 51.5 cm³/mol. The van der Waals surface area contributed by atoms with Crippen molar-refractivity contribution in [3.05, 3.63) is 23.4 Å². The first-order valence-corrected chi connectivity index (χ1v) is 4.15. The zero-order valence-electron chi connectivity index (χ0n) is 7.12. The van der Waals surface area contributed by atoms with Crippen molar-refractivity contribution in [2.24, 2.45) is 5.73 Å². The summed E-state index contributed by atoms with van der Waals surface area (Å²) in [5, 5.41) is 3.38. The van der Waals surface area contributed by atoms with Crippen LogP contribution in [0.15, 0.2) is 18.3 Å². The van der Waals surface area contributed by atoms with Crippen LogP contribution in [-0.2, 0) is 4.79 Å². The highest BCUT2D eigenvalue weighted by Crippen LogP contribution is 2.09. The lowest BCUT2D eigenvalue weighted by molar-refractivity contribution is -0.118. The minimum absolute atomic E-state index is 0.420. The topological polar surface area (TPSA) is 68.0 Å². The summed E-state index contributed by atoms with van der Waals surface area (Å²) in [6.07, 6.45) is 1.50. The van der Waals surface area contributed by atoms with E-state index in [1.165, 1.54) is 6.20 Å². The van der Waals surface area contributed by atoms with E-state index < -0.39 is 11.9 Å². The fourth-order valence-electron chi connectivity index (χ4n) is 0.754. The number of halogens is 1. The number of nitrogens with one attached hydrogen (secondary N) is 1. The average molecular weight is 200 g/mol. The second-order valence-electron chi connectivity index (χ2n) is 2.63. The zero-order valence-corrected chi connectivity index (χ0v) is 7.88.